The third-order valence-corrected chi connectivity index (χ3v) is 5.12. The lowest BCUT2D eigenvalue weighted by molar-refractivity contribution is 0.187. The van der Waals surface area contributed by atoms with Crippen molar-refractivity contribution in [1.82, 2.24) is 10.2 Å². The molecule has 0 spiro atoms. The van der Waals surface area contributed by atoms with E-state index in [1.807, 2.05) is 0 Å². The van der Waals surface area contributed by atoms with Crippen molar-refractivity contribution in [2.75, 3.05) is 37.7 Å². The summed E-state index contributed by atoms with van der Waals surface area (Å²) in [6, 6.07) is 0.824. The maximum absolute atomic E-state index is 3.79. The predicted octanol–water partition coefficient (Wildman–Crippen LogP) is 2.20. The predicted molar refractivity (Wildman–Crippen MR) is 73.2 cm³/mol. The van der Waals surface area contributed by atoms with Gasteiger partial charge in [0, 0.05) is 6.04 Å². The first-order chi connectivity index (χ1) is 7.88. The van der Waals surface area contributed by atoms with Crippen molar-refractivity contribution in [3.05, 3.63) is 0 Å². The van der Waals surface area contributed by atoms with Crippen LogP contribution in [-0.4, -0.2) is 48.6 Å². The second-order valence-corrected chi connectivity index (χ2v) is 6.40. The summed E-state index contributed by atoms with van der Waals surface area (Å²) in [5.41, 5.74) is 0. The molecule has 0 atom stereocenters. The van der Waals surface area contributed by atoms with Crippen LogP contribution in [0.1, 0.15) is 32.6 Å². The highest BCUT2D eigenvalue weighted by Gasteiger charge is 2.19. The first kappa shape index (κ1) is 12.7. The second kappa shape index (κ2) is 6.87. The molecule has 1 N–H and O–H groups in total. The fourth-order valence-electron chi connectivity index (χ4n) is 2.74. The van der Waals surface area contributed by atoms with Gasteiger partial charge in [-0.15, -0.1) is 0 Å². The molecule has 0 bridgehead atoms. The van der Waals surface area contributed by atoms with Crippen molar-refractivity contribution in [3.8, 4) is 0 Å². The molecule has 0 aliphatic carbocycles. The summed E-state index contributed by atoms with van der Waals surface area (Å²) in [5, 5.41) is 3.79. The zero-order valence-electron chi connectivity index (χ0n) is 10.6. The van der Waals surface area contributed by atoms with Gasteiger partial charge in [-0.2, -0.15) is 11.8 Å². The Morgan fingerprint density at radius 3 is 2.44 bits per heavy atom. The summed E-state index contributed by atoms with van der Waals surface area (Å²) in [5.74, 6) is 3.68. The summed E-state index contributed by atoms with van der Waals surface area (Å²) < 4.78 is 0. The number of rotatable bonds is 4. The molecule has 2 rings (SSSR count). The molecule has 0 aromatic rings. The average molecular weight is 242 g/mol. The van der Waals surface area contributed by atoms with Gasteiger partial charge >= 0.3 is 0 Å². The van der Waals surface area contributed by atoms with Gasteiger partial charge in [0.25, 0.3) is 0 Å². The lowest BCUT2D eigenvalue weighted by Gasteiger charge is -2.32. The van der Waals surface area contributed by atoms with Gasteiger partial charge in [0.1, 0.15) is 0 Å². The van der Waals surface area contributed by atoms with E-state index in [0.29, 0.717) is 0 Å². The van der Waals surface area contributed by atoms with E-state index in [9.17, 15) is 0 Å². The van der Waals surface area contributed by atoms with Gasteiger partial charge in [0.05, 0.1) is 0 Å². The molecule has 2 nitrogen and oxygen atoms in total. The zero-order chi connectivity index (χ0) is 11.2. The maximum atomic E-state index is 3.79. The molecule has 2 aliphatic heterocycles. The Morgan fingerprint density at radius 2 is 1.81 bits per heavy atom. The van der Waals surface area contributed by atoms with Crippen LogP contribution in [0, 0.1) is 5.92 Å². The van der Waals surface area contributed by atoms with Gasteiger partial charge in [-0.25, -0.2) is 0 Å². The molecule has 0 saturated carbocycles. The van der Waals surface area contributed by atoms with E-state index in [2.05, 4.69) is 28.9 Å². The van der Waals surface area contributed by atoms with Crippen molar-refractivity contribution < 1.29 is 0 Å². The summed E-state index contributed by atoms with van der Waals surface area (Å²) in [7, 11) is 0. The SMILES string of the molecule is CCN1CCC(CNC2CCSCC2)CC1. The number of thioether (sulfide) groups is 1. The smallest absolute Gasteiger partial charge is 0.00828 e. The van der Waals surface area contributed by atoms with E-state index in [1.165, 1.54) is 63.4 Å². The first-order valence-corrected chi connectivity index (χ1v) is 8.07. The van der Waals surface area contributed by atoms with Gasteiger partial charge in [-0.3, -0.25) is 0 Å². The molecule has 2 heterocycles. The first-order valence-electron chi connectivity index (χ1n) is 6.92. The third kappa shape index (κ3) is 3.94. The van der Waals surface area contributed by atoms with Crippen molar-refractivity contribution in [3.63, 3.8) is 0 Å². The van der Waals surface area contributed by atoms with Gasteiger partial charge in [0.2, 0.25) is 0 Å². The molecular formula is C13H26N2S. The average Bonchev–Trinajstić information content (AvgIpc) is 2.38. The summed E-state index contributed by atoms with van der Waals surface area (Å²) in [4.78, 5) is 2.58. The van der Waals surface area contributed by atoms with Crippen LogP contribution in [0.3, 0.4) is 0 Å². The van der Waals surface area contributed by atoms with Crippen LogP contribution in [0.2, 0.25) is 0 Å². The Morgan fingerprint density at radius 1 is 1.12 bits per heavy atom. The molecule has 2 fully saturated rings. The van der Waals surface area contributed by atoms with Gasteiger partial charge in [0.15, 0.2) is 0 Å². The molecule has 0 aromatic heterocycles. The zero-order valence-corrected chi connectivity index (χ0v) is 11.4. The Bertz CT molecular complexity index is 184. The number of piperidine rings is 1. The molecule has 2 saturated heterocycles. The highest BCUT2D eigenvalue weighted by molar-refractivity contribution is 7.99. The highest BCUT2D eigenvalue weighted by Crippen LogP contribution is 2.19. The van der Waals surface area contributed by atoms with Crippen LogP contribution >= 0.6 is 11.8 Å². The molecule has 0 unspecified atom stereocenters. The largest absolute Gasteiger partial charge is 0.314 e. The van der Waals surface area contributed by atoms with E-state index < -0.39 is 0 Å². The quantitative estimate of drug-likeness (QED) is 0.814. The molecule has 0 aromatic carbocycles. The molecule has 2 aliphatic rings. The van der Waals surface area contributed by atoms with Crippen molar-refractivity contribution in [1.29, 1.82) is 0 Å². The fraction of sp³-hybridized carbons (Fsp3) is 1.00. The third-order valence-electron chi connectivity index (χ3n) is 4.07. The van der Waals surface area contributed by atoms with Crippen LogP contribution in [0.4, 0.5) is 0 Å². The van der Waals surface area contributed by atoms with Gasteiger partial charge in [-0.1, -0.05) is 6.92 Å². The monoisotopic (exact) mass is 242 g/mol. The number of nitrogens with one attached hydrogen (secondary N) is 1. The molecule has 0 amide bonds. The van der Waals surface area contributed by atoms with Crippen LogP contribution < -0.4 is 5.32 Å². The Labute approximate surface area is 105 Å². The van der Waals surface area contributed by atoms with Crippen LogP contribution in [0.25, 0.3) is 0 Å². The minimum Gasteiger partial charge on any atom is -0.314 e. The number of hydrogen-bond donors (Lipinski definition) is 1. The molecule has 94 valence electrons. The summed E-state index contributed by atoms with van der Waals surface area (Å²) in [6.45, 7) is 7.43. The molecule has 0 radical (unpaired) electrons. The minimum atomic E-state index is 0.824. The van der Waals surface area contributed by atoms with E-state index >= 15 is 0 Å². The Kier molecular flexibility index (Phi) is 5.46. The molecular weight excluding hydrogens is 216 g/mol. The van der Waals surface area contributed by atoms with Gasteiger partial charge in [-0.05, 0) is 69.3 Å². The summed E-state index contributed by atoms with van der Waals surface area (Å²) in [6.07, 6.45) is 5.58. The van der Waals surface area contributed by atoms with Crippen molar-refractivity contribution >= 4 is 11.8 Å². The normalized spacial score (nSPS) is 26.1. The summed E-state index contributed by atoms with van der Waals surface area (Å²) >= 11 is 2.12. The Hall–Kier alpha value is 0.270. The van der Waals surface area contributed by atoms with Crippen LogP contribution in [-0.2, 0) is 0 Å². The minimum absolute atomic E-state index is 0.824. The Balaban J connectivity index is 1.59. The van der Waals surface area contributed by atoms with Crippen LogP contribution in [0.5, 0.6) is 0 Å². The van der Waals surface area contributed by atoms with E-state index in [1.54, 1.807) is 0 Å². The molecule has 3 heteroatoms. The van der Waals surface area contributed by atoms with E-state index in [0.717, 1.165) is 12.0 Å². The van der Waals surface area contributed by atoms with Crippen molar-refractivity contribution in [2.24, 2.45) is 5.92 Å². The van der Waals surface area contributed by atoms with Crippen molar-refractivity contribution in [2.45, 2.75) is 38.6 Å². The van der Waals surface area contributed by atoms with E-state index in [4.69, 9.17) is 0 Å². The lowest BCUT2D eigenvalue weighted by Crippen LogP contribution is -2.40. The standard InChI is InChI=1S/C13H26N2S/c1-2-15-7-3-12(4-8-15)11-14-13-5-9-16-10-6-13/h12-14H,2-11H2,1H3. The number of hydrogen-bond acceptors (Lipinski definition) is 3. The number of likely N-dealkylation sites (tertiary alicyclic amines) is 1. The second-order valence-electron chi connectivity index (χ2n) is 5.17. The molecule has 16 heavy (non-hydrogen) atoms. The van der Waals surface area contributed by atoms with Crippen LogP contribution in [0.15, 0.2) is 0 Å². The lowest BCUT2D eigenvalue weighted by atomic mass is 9.96. The highest BCUT2D eigenvalue weighted by atomic mass is 32.2. The fourth-order valence-corrected chi connectivity index (χ4v) is 3.85. The maximum Gasteiger partial charge on any atom is 0.00828 e. The topological polar surface area (TPSA) is 15.3 Å². The number of nitrogens with zero attached hydrogens (tertiary/aromatic N) is 1. The van der Waals surface area contributed by atoms with Gasteiger partial charge < -0.3 is 10.2 Å². The van der Waals surface area contributed by atoms with E-state index in [-0.39, 0.29) is 0 Å².